The summed E-state index contributed by atoms with van der Waals surface area (Å²) in [5.41, 5.74) is 1.85. The average molecular weight is 230 g/mol. The molecule has 4 heteroatoms. The van der Waals surface area contributed by atoms with E-state index in [2.05, 4.69) is 9.97 Å². The maximum atomic E-state index is 10.7. The Morgan fingerprint density at radius 1 is 1.41 bits per heavy atom. The Hall–Kier alpha value is -2.10. The first kappa shape index (κ1) is 11.4. The highest BCUT2D eigenvalue weighted by molar-refractivity contribution is 5.69. The topological polar surface area (TPSA) is 66.0 Å². The van der Waals surface area contributed by atoms with Crippen LogP contribution in [0.15, 0.2) is 36.5 Å². The van der Waals surface area contributed by atoms with Crippen molar-refractivity contribution in [1.29, 1.82) is 0 Å². The standard InChI is InChI=1S/C13H14N2O2/c1-9(13(16)17)7-11-8-14-12(15-11)10-5-3-2-4-6-10/h2-6,8-9H,7H2,1H3,(H,14,15)(H,16,17)/t9-/m0/s1. The Kier molecular flexibility index (Phi) is 3.23. The molecule has 17 heavy (non-hydrogen) atoms. The number of hydrogen-bond acceptors (Lipinski definition) is 2. The van der Waals surface area contributed by atoms with Crippen LogP contribution in [-0.4, -0.2) is 21.0 Å². The summed E-state index contributed by atoms with van der Waals surface area (Å²) in [6, 6.07) is 9.75. The Balaban J connectivity index is 2.14. The van der Waals surface area contributed by atoms with Gasteiger partial charge in [0.05, 0.1) is 5.92 Å². The van der Waals surface area contributed by atoms with Crippen LogP contribution in [0.5, 0.6) is 0 Å². The molecule has 0 fully saturated rings. The molecule has 2 rings (SSSR count). The molecule has 0 saturated heterocycles. The summed E-state index contributed by atoms with van der Waals surface area (Å²) in [5.74, 6) is -0.418. The van der Waals surface area contributed by atoms with Gasteiger partial charge in [0.25, 0.3) is 0 Å². The molecule has 1 atom stereocenters. The van der Waals surface area contributed by atoms with E-state index in [9.17, 15) is 4.79 Å². The largest absolute Gasteiger partial charge is 0.481 e. The van der Waals surface area contributed by atoms with Crippen LogP contribution in [0.3, 0.4) is 0 Å². The number of nitrogens with zero attached hydrogens (tertiary/aromatic N) is 1. The molecule has 0 aliphatic heterocycles. The number of aromatic nitrogens is 2. The van der Waals surface area contributed by atoms with E-state index in [1.807, 2.05) is 30.3 Å². The number of carbonyl (C=O) groups is 1. The minimum absolute atomic E-state index is 0.404. The summed E-state index contributed by atoms with van der Waals surface area (Å²) in [4.78, 5) is 18.1. The Morgan fingerprint density at radius 3 is 2.76 bits per heavy atom. The number of benzene rings is 1. The monoisotopic (exact) mass is 230 g/mol. The van der Waals surface area contributed by atoms with Gasteiger partial charge in [0, 0.05) is 23.9 Å². The van der Waals surface area contributed by atoms with Gasteiger partial charge < -0.3 is 10.1 Å². The minimum atomic E-state index is -0.791. The number of aromatic amines is 1. The molecule has 2 aromatic rings. The fourth-order valence-corrected chi connectivity index (χ4v) is 1.62. The van der Waals surface area contributed by atoms with Crippen LogP contribution in [0, 0.1) is 5.92 Å². The van der Waals surface area contributed by atoms with Crippen LogP contribution in [0.4, 0.5) is 0 Å². The van der Waals surface area contributed by atoms with Gasteiger partial charge >= 0.3 is 5.97 Å². The quantitative estimate of drug-likeness (QED) is 0.847. The number of imidazole rings is 1. The SMILES string of the molecule is C[C@@H](Cc1cnc(-c2ccccc2)[nH]1)C(=O)O. The first-order chi connectivity index (χ1) is 8.16. The van der Waals surface area contributed by atoms with Crippen molar-refractivity contribution in [3.05, 3.63) is 42.2 Å². The van der Waals surface area contributed by atoms with E-state index in [0.29, 0.717) is 6.42 Å². The lowest BCUT2D eigenvalue weighted by Gasteiger charge is -2.02. The zero-order chi connectivity index (χ0) is 12.3. The van der Waals surface area contributed by atoms with E-state index in [1.54, 1.807) is 13.1 Å². The molecule has 0 radical (unpaired) electrons. The number of rotatable bonds is 4. The molecule has 1 aromatic heterocycles. The predicted molar refractivity (Wildman–Crippen MR) is 64.5 cm³/mol. The lowest BCUT2D eigenvalue weighted by molar-refractivity contribution is -0.141. The molecule has 0 spiro atoms. The van der Waals surface area contributed by atoms with E-state index in [1.165, 1.54) is 0 Å². The third kappa shape index (κ3) is 2.72. The first-order valence-electron chi connectivity index (χ1n) is 5.49. The van der Waals surface area contributed by atoms with Crippen molar-refractivity contribution in [2.45, 2.75) is 13.3 Å². The van der Waals surface area contributed by atoms with Gasteiger partial charge in [0.1, 0.15) is 5.82 Å². The molecule has 0 bridgehead atoms. The van der Waals surface area contributed by atoms with Crippen LogP contribution in [-0.2, 0) is 11.2 Å². The Labute approximate surface area is 99.3 Å². The van der Waals surface area contributed by atoms with Gasteiger partial charge in [-0.25, -0.2) is 4.98 Å². The maximum absolute atomic E-state index is 10.7. The molecule has 1 heterocycles. The van der Waals surface area contributed by atoms with E-state index in [4.69, 9.17) is 5.11 Å². The van der Waals surface area contributed by atoms with Crippen molar-refractivity contribution in [3.8, 4) is 11.4 Å². The maximum Gasteiger partial charge on any atom is 0.306 e. The fourth-order valence-electron chi connectivity index (χ4n) is 1.62. The average Bonchev–Trinajstić information content (AvgIpc) is 2.78. The van der Waals surface area contributed by atoms with Crippen LogP contribution in [0.2, 0.25) is 0 Å². The lowest BCUT2D eigenvalue weighted by atomic mass is 10.1. The number of carboxylic acid groups (broad SMARTS) is 1. The zero-order valence-corrected chi connectivity index (χ0v) is 9.55. The van der Waals surface area contributed by atoms with Gasteiger partial charge in [-0.1, -0.05) is 37.3 Å². The van der Waals surface area contributed by atoms with E-state index in [-0.39, 0.29) is 0 Å². The Morgan fingerprint density at radius 2 is 2.12 bits per heavy atom. The van der Waals surface area contributed by atoms with Crippen LogP contribution in [0.25, 0.3) is 11.4 Å². The number of nitrogens with one attached hydrogen (secondary N) is 1. The molecule has 88 valence electrons. The number of H-pyrrole nitrogens is 1. The van der Waals surface area contributed by atoms with Crippen LogP contribution >= 0.6 is 0 Å². The van der Waals surface area contributed by atoms with Gasteiger partial charge in [0.2, 0.25) is 0 Å². The molecule has 0 unspecified atom stereocenters. The van der Waals surface area contributed by atoms with E-state index in [0.717, 1.165) is 17.1 Å². The van der Waals surface area contributed by atoms with E-state index >= 15 is 0 Å². The Bertz CT molecular complexity index is 505. The second-order valence-corrected chi connectivity index (χ2v) is 4.07. The summed E-state index contributed by atoms with van der Waals surface area (Å²) in [6.07, 6.45) is 2.16. The van der Waals surface area contributed by atoms with Crippen molar-refractivity contribution in [2.75, 3.05) is 0 Å². The predicted octanol–water partition coefficient (Wildman–Crippen LogP) is 2.34. The van der Waals surface area contributed by atoms with Crippen molar-refractivity contribution in [1.82, 2.24) is 9.97 Å². The van der Waals surface area contributed by atoms with Crippen LogP contribution < -0.4 is 0 Å². The zero-order valence-electron chi connectivity index (χ0n) is 9.55. The third-order valence-corrected chi connectivity index (χ3v) is 2.62. The molecular formula is C13H14N2O2. The summed E-state index contributed by atoms with van der Waals surface area (Å²) >= 11 is 0. The highest BCUT2D eigenvalue weighted by atomic mass is 16.4. The van der Waals surface area contributed by atoms with Gasteiger partial charge in [-0.15, -0.1) is 0 Å². The second kappa shape index (κ2) is 4.82. The van der Waals surface area contributed by atoms with E-state index < -0.39 is 11.9 Å². The third-order valence-electron chi connectivity index (χ3n) is 2.62. The summed E-state index contributed by atoms with van der Waals surface area (Å²) in [5, 5.41) is 8.83. The molecule has 1 aromatic carbocycles. The number of hydrogen-bond donors (Lipinski definition) is 2. The molecule has 2 N–H and O–H groups in total. The number of carboxylic acids is 1. The number of aliphatic carboxylic acids is 1. The van der Waals surface area contributed by atoms with Gasteiger partial charge in [-0.3, -0.25) is 4.79 Å². The summed E-state index contributed by atoms with van der Waals surface area (Å²) < 4.78 is 0. The second-order valence-electron chi connectivity index (χ2n) is 4.07. The molecular weight excluding hydrogens is 216 g/mol. The first-order valence-corrected chi connectivity index (χ1v) is 5.49. The summed E-state index contributed by atoms with van der Waals surface area (Å²) in [7, 11) is 0. The molecule has 0 amide bonds. The summed E-state index contributed by atoms with van der Waals surface area (Å²) in [6.45, 7) is 1.69. The normalized spacial score (nSPS) is 12.3. The molecule has 0 aliphatic carbocycles. The van der Waals surface area contributed by atoms with Crippen LogP contribution in [0.1, 0.15) is 12.6 Å². The molecule has 0 saturated carbocycles. The van der Waals surface area contributed by atoms with Crippen molar-refractivity contribution in [3.63, 3.8) is 0 Å². The molecule has 0 aliphatic rings. The van der Waals surface area contributed by atoms with Gasteiger partial charge in [-0.05, 0) is 0 Å². The van der Waals surface area contributed by atoms with Gasteiger partial charge in [-0.2, -0.15) is 0 Å². The van der Waals surface area contributed by atoms with Crippen molar-refractivity contribution in [2.24, 2.45) is 5.92 Å². The minimum Gasteiger partial charge on any atom is -0.481 e. The highest BCUT2D eigenvalue weighted by Gasteiger charge is 2.13. The van der Waals surface area contributed by atoms with Crippen molar-refractivity contribution < 1.29 is 9.90 Å². The van der Waals surface area contributed by atoms with Crippen molar-refractivity contribution >= 4 is 5.97 Å². The van der Waals surface area contributed by atoms with Gasteiger partial charge in [0.15, 0.2) is 0 Å². The molecule has 4 nitrogen and oxygen atoms in total. The smallest absolute Gasteiger partial charge is 0.306 e. The lowest BCUT2D eigenvalue weighted by Crippen LogP contribution is -2.12. The highest BCUT2D eigenvalue weighted by Crippen LogP contribution is 2.16. The fraction of sp³-hybridized carbons (Fsp3) is 0.231.